The number of nitrogens with zero attached hydrogens (tertiary/aromatic N) is 1. The van der Waals surface area contributed by atoms with Crippen molar-refractivity contribution in [1.82, 2.24) is 15.5 Å². The smallest absolute Gasteiger partial charge is 0.272 e. The number of fused-ring (bicyclic) bond motifs is 1. The van der Waals surface area contributed by atoms with Crippen molar-refractivity contribution in [1.29, 1.82) is 0 Å². The molecule has 0 radical (unpaired) electrons. The second kappa shape index (κ2) is 9.87. The topological polar surface area (TPSA) is 86.9 Å². The number of terminal acetylenes is 1. The van der Waals surface area contributed by atoms with E-state index in [0.29, 0.717) is 34.8 Å². The van der Waals surface area contributed by atoms with Gasteiger partial charge in [0, 0.05) is 17.4 Å². The van der Waals surface area contributed by atoms with E-state index < -0.39 is 0 Å². The van der Waals surface area contributed by atoms with Crippen LogP contribution in [0, 0.1) is 12.3 Å². The highest BCUT2D eigenvalue weighted by Gasteiger charge is 2.12. The molecule has 1 aromatic heterocycles. The van der Waals surface area contributed by atoms with Gasteiger partial charge in [-0.15, -0.1) is 6.42 Å². The van der Waals surface area contributed by atoms with Gasteiger partial charge in [0.25, 0.3) is 5.56 Å². The molecule has 2 aromatic carbocycles. The Balaban J connectivity index is 1.74. The summed E-state index contributed by atoms with van der Waals surface area (Å²) in [5, 5.41) is 14.4. The van der Waals surface area contributed by atoms with Crippen molar-refractivity contribution < 1.29 is 4.79 Å². The molecule has 0 aliphatic carbocycles. The summed E-state index contributed by atoms with van der Waals surface area (Å²) < 4.78 is 0. The number of H-pyrrole nitrogens is 1. The van der Waals surface area contributed by atoms with Gasteiger partial charge in [-0.3, -0.25) is 9.59 Å². The molecule has 3 rings (SSSR count). The van der Waals surface area contributed by atoms with Crippen molar-refractivity contribution >= 4 is 34.0 Å². The van der Waals surface area contributed by atoms with Gasteiger partial charge in [0.05, 0.1) is 28.3 Å². The monoisotopic (exact) mass is 408 g/mol. The van der Waals surface area contributed by atoms with E-state index in [1.165, 1.54) is 0 Å². The molecule has 148 valence electrons. The Morgan fingerprint density at radius 2 is 1.97 bits per heavy atom. The highest BCUT2D eigenvalue weighted by Crippen LogP contribution is 2.30. The van der Waals surface area contributed by atoms with Crippen LogP contribution in [0.15, 0.2) is 47.3 Å². The Labute approximate surface area is 173 Å². The Morgan fingerprint density at radius 1 is 1.17 bits per heavy atom. The summed E-state index contributed by atoms with van der Waals surface area (Å²) >= 11 is 6.27. The highest BCUT2D eigenvalue weighted by atomic mass is 35.5. The van der Waals surface area contributed by atoms with E-state index in [-0.39, 0.29) is 11.5 Å². The summed E-state index contributed by atoms with van der Waals surface area (Å²) in [6, 6.07) is 12.5. The normalized spacial score (nSPS) is 10.6. The third-order valence-electron chi connectivity index (χ3n) is 4.44. The second-order valence-corrected chi connectivity index (χ2v) is 6.93. The molecule has 1 heterocycles. The molecular formula is C22H21ClN4O2. The fraction of sp³-hybridized carbons (Fsp3) is 0.227. The molecule has 0 bridgehead atoms. The third kappa shape index (κ3) is 5.23. The lowest BCUT2D eigenvalue weighted by molar-refractivity contribution is -0.116. The first-order valence-electron chi connectivity index (χ1n) is 9.31. The average Bonchev–Trinajstić information content (AvgIpc) is 2.73. The van der Waals surface area contributed by atoms with Crippen LogP contribution in [0.4, 0.5) is 5.69 Å². The van der Waals surface area contributed by atoms with Gasteiger partial charge in [0.1, 0.15) is 0 Å². The van der Waals surface area contributed by atoms with Crippen LogP contribution in [0.3, 0.4) is 0 Å². The van der Waals surface area contributed by atoms with Crippen molar-refractivity contribution in [3.63, 3.8) is 0 Å². The summed E-state index contributed by atoms with van der Waals surface area (Å²) in [4.78, 5) is 24.3. The van der Waals surface area contributed by atoms with Crippen LogP contribution in [0.5, 0.6) is 0 Å². The summed E-state index contributed by atoms with van der Waals surface area (Å²) in [6.45, 7) is 1.31. The Hall–Kier alpha value is -3.14. The van der Waals surface area contributed by atoms with Crippen molar-refractivity contribution in [2.24, 2.45) is 0 Å². The maximum atomic E-state index is 12.3. The number of carbonyl (C=O) groups is 1. The molecule has 0 unspecified atom stereocenters. The van der Waals surface area contributed by atoms with Gasteiger partial charge >= 0.3 is 0 Å². The van der Waals surface area contributed by atoms with Crippen LogP contribution < -0.4 is 16.2 Å². The summed E-state index contributed by atoms with van der Waals surface area (Å²) in [5.41, 5.74) is 1.63. The van der Waals surface area contributed by atoms with E-state index in [1.807, 2.05) is 18.2 Å². The summed E-state index contributed by atoms with van der Waals surface area (Å²) in [6.07, 6.45) is 7.16. The molecule has 6 nitrogen and oxygen atoms in total. The minimum Gasteiger partial charge on any atom is -0.325 e. The molecule has 0 saturated heterocycles. The van der Waals surface area contributed by atoms with Crippen molar-refractivity contribution in [3.8, 4) is 23.6 Å². The minimum absolute atomic E-state index is 0.111. The maximum absolute atomic E-state index is 12.3. The highest BCUT2D eigenvalue weighted by molar-refractivity contribution is 6.33. The van der Waals surface area contributed by atoms with E-state index >= 15 is 0 Å². The molecule has 1 amide bonds. The quantitative estimate of drug-likeness (QED) is 0.393. The third-order valence-corrected chi connectivity index (χ3v) is 4.77. The number of carbonyl (C=O) groups excluding carboxylic acids is 1. The van der Waals surface area contributed by atoms with E-state index in [1.54, 1.807) is 24.3 Å². The lowest BCUT2D eigenvalue weighted by Crippen LogP contribution is -2.16. The van der Waals surface area contributed by atoms with Gasteiger partial charge in [-0.05, 0) is 37.6 Å². The lowest BCUT2D eigenvalue weighted by Gasteiger charge is -2.11. The fourth-order valence-corrected chi connectivity index (χ4v) is 3.18. The number of amides is 1. The lowest BCUT2D eigenvalue weighted by atomic mass is 10.0. The molecule has 29 heavy (non-hydrogen) atoms. The van der Waals surface area contributed by atoms with Crippen molar-refractivity contribution in [3.05, 3.63) is 57.8 Å². The standard InChI is InChI=1S/C22H21ClN4O2/c1-2-12-24-13-6-5-9-20(28)25-19-14-15(10-11-18(19)23)21-16-7-3-4-8-17(16)22(29)27-26-21/h1,3-4,7-8,10-11,14,24H,5-6,9,12-13H2,(H,25,28)(H,27,29). The Bertz CT molecular complexity index is 1120. The summed E-state index contributed by atoms with van der Waals surface area (Å²) in [7, 11) is 0. The van der Waals surface area contributed by atoms with E-state index in [9.17, 15) is 9.59 Å². The summed E-state index contributed by atoms with van der Waals surface area (Å²) in [5.74, 6) is 2.40. The molecule has 0 saturated carbocycles. The number of halogens is 1. The molecule has 0 aliphatic rings. The zero-order valence-electron chi connectivity index (χ0n) is 15.8. The molecule has 3 N–H and O–H groups in total. The number of aromatic amines is 1. The van der Waals surface area contributed by atoms with Gasteiger partial charge in [-0.1, -0.05) is 41.8 Å². The van der Waals surface area contributed by atoms with Gasteiger partial charge in [0.2, 0.25) is 5.91 Å². The SMILES string of the molecule is C#CCNCCCCC(=O)Nc1cc(-c2n[nH]c(=O)c3ccccc23)ccc1Cl. The number of unbranched alkanes of at least 4 members (excludes halogenated alkanes) is 1. The zero-order chi connectivity index (χ0) is 20.6. The van der Waals surface area contributed by atoms with Crippen molar-refractivity contribution in [2.75, 3.05) is 18.4 Å². The van der Waals surface area contributed by atoms with Crippen LogP contribution in [0.2, 0.25) is 5.02 Å². The molecule has 0 atom stereocenters. The number of hydrogen-bond donors (Lipinski definition) is 3. The number of benzene rings is 2. The van der Waals surface area contributed by atoms with Crippen molar-refractivity contribution in [2.45, 2.75) is 19.3 Å². The molecule has 0 fully saturated rings. The first kappa shape index (κ1) is 20.6. The predicted octanol–water partition coefficient (Wildman–Crippen LogP) is 3.58. The number of rotatable bonds is 8. The van der Waals surface area contributed by atoms with E-state index in [0.717, 1.165) is 30.3 Å². The van der Waals surface area contributed by atoms with E-state index in [2.05, 4.69) is 26.8 Å². The van der Waals surface area contributed by atoms with Gasteiger partial charge in [0.15, 0.2) is 0 Å². The largest absolute Gasteiger partial charge is 0.325 e. The number of hydrogen-bond acceptors (Lipinski definition) is 4. The van der Waals surface area contributed by atoms with Gasteiger partial charge in [-0.25, -0.2) is 5.10 Å². The zero-order valence-corrected chi connectivity index (χ0v) is 16.6. The molecule has 0 spiro atoms. The number of aromatic nitrogens is 2. The first-order valence-corrected chi connectivity index (χ1v) is 9.69. The Kier molecular flexibility index (Phi) is 7.01. The van der Waals surface area contributed by atoms with E-state index in [4.69, 9.17) is 18.0 Å². The second-order valence-electron chi connectivity index (χ2n) is 6.53. The average molecular weight is 409 g/mol. The van der Waals surface area contributed by atoms with Gasteiger partial charge in [-0.2, -0.15) is 5.10 Å². The first-order chi connectivity index (χ1) is 14.1. The number of anilines is 1. The van der Waals surface area contributed by atoms with Crippen LogP contribution in [0.1, 0.15) is 19.3 Å². The Morgan fingerprint density at radius 3 is 2.76 bits per heavy atom. The predicted molar refractivity (Wildman–Crippen MR) is 117 cm³/mol. The van der Waals surface area contributed by atoms with Crippen LogP contribution in [-0.4, -0.2) is 29.2 Å². The molecule has 0 aliphatic heterocycles. The number of nitrogens with one attached hydrogen (secondary N) is 3. The molecule has 3 aromatic rings. The maximum Gasteiger partial charge on any atom is 0.272 e. The van der Waals surface area contributed by atoms with Crippen LogP contribution in [0.25, 0.3) is 22.0 Å². The fourth-order valence-electron chi connectivity index (χ4n) is 3.01. The molecule has 7 heteroatoms. The van der Waals surface area contributed by atoms with Crippen LogP contribution in [-0.2, 0) is 4.79 Å². The van der Waals surface area contributed by atoms with Gasteiger partial charge < -0.3 is 10.6 Å². The molecular weight excluding hydrogens is 388 g/mol. The van der Waals surface area contributed by atoms with Crippen LogP contribution >= 0.6 is 11.6 Å². The minimum atomic E-state index is -0.247.